The Hall–Kier alpha value is -2.03. The van der Waals surface area contributed by atoms with Crippen molar-refractivity contribution in [2.24, 2.45) is 4.99 Å². The Bertz CT molecular complexity index is 1130. The predicted octanol–water partition coefficient (Wildman–Crippen LogP) is 3.50. The summed E-state index contributed by atoms with van der Waals surface area (Å²) in [6.45, 7) is 1.98. The first kappa shape index (κ1) is 21.2. The van der Waals surface area contributed by atoms with Crippen molar-refractivity contribution in [2.75, 3.05) is 23.5 Å². The molecule has 2 aliphatic rings. The Morgan fingerprint density at radius 2 is 2.07 bits per heavy atom. The van der Waals surface area contributed by atoms with Gasteiger partial charge in [0.05, 0.1) is 36.1 Å². The third-order valence-electron chi connectivity index (χ3n) is 5.14. The highest BCUT2D eigenvalue weighted by molar-refractivity contribution is 8.16. The first-order valence-electron chi connectivity index (χ1n) is 9.42. The maximum absolute atomic E-state index is 12.7. The number of amides is 1. The van der Waals surface area contributed by atoms with Gasteiger partial charge >= 0.3 is 0 Å². The van der Waals surface area contributed by atoms with Crippen molar-refractivity contribution in [3.63, 3.8) is 0 Å². The number of carbonyl (C=O) groups is 1. The van der Waals surface area contributed by atoms with Gasteiger partial charge in [0.25, 0.3) is 5.91 Å². The maximum Gasteiger partial charge on any atom is 0.252 e. The molecule has 0 unspecified atom stereocenters. The van der Waals surface area contributed by atoms with Gasteiger partial charge in [0.1, 0.15) is 5.75 Å². The van der Waals surface area contributed by atoms with Crippen LogP contribution in [0.15, 0.2) is 47.5 Å². The van der Waals surface area contributed by atoms with Crippen LogP contribution in [0.4, 0.5) is 5.69 Å². The Labute approximate surface area is 185 Å². The molecule has 2 atom stereocenters. The second kappa shape index (κ2) is 8.24. The topological polar surface area (TPSA) is 76.0 Å². The molecule has 0 bridgehead atoms. The average Bonchev–Trinajstić information content (AvgIpc) is 3.12. The maximum atomic E-state index is 12.7. The largest absolute Gasteiger partial charge is 0.495 e. The summed E-state index contributed by atoms with van der Waals surface area (Å²) in [5.74, 6) is 0.361. The van der Waals surface area contributed by atoms with E-state index in [4.69, 9.17) is 16.3 Å². The average molecular weight is 465 g/mol. The molecule has 1 amide bonds. The predicted molar refractivity (Wildman–Crippen MR) is 122 cm³/mol. The molecule has 158 valence electrons. The number of anilines is 1. The Morgan fingerprint density at radius 3 is 2.77 bits per heavy atom. The Morgan fingerprint density at radius 1 is 1.27 bits per heavy atom. The van der Waals surface area contributed by atoms with Gasteiger partial charge in [-0.15, -0.1) is 0 Å². The summed E-state index contributed by atoms with van der Waals surface area (Å²) in [7, 11) is -1.60. The highest BCUT2D eigenvalue weighted by Crippen LogP contribution is 2.42. The van der Waals surface area contributed by atoms with Gasteiger partial charge in [-0.1, -0.05) is 53.2 Å². The van der Waals surface area contributed by atoms with Gasteiger partial charge in [-0.05, 0) is 30.7 Å². The van der Waals surface area contributed by atoms with E-state index in [0.717, 1.165) is 11.1 Å². The first-order valence-corrected chi connectivity index (χ1v) is 12.5. The SMILES string of the molecule is COc1ccc(N2C(=NC(=O)Cc3cccc(C)c3)S[C@@H]3CS(=O)(=O)C[C@@H]32)cc1Cl. The molecule has 0 spiro atoms. The van der Waals surface area contributed by atoms with Gasteiger partial charge in [0, 0.05) is 10.9 Å². The number of rotatable bonds is 4. The van der Waals surface area contributed by atoms with Crippen LogP contribution in [0.5, 0.6) is 5.75 Å². The zero-order chi connectivity index (χ0) is 21.5. The van der Waals surface area contributed by atoms with E-state index in [0.29, 0.717) is 21.6 Å². The molecule has 4 rings (SSSR count). The van der Waals surface area contributed by atoms with Gasteiger partial charge in [0.2, 0.25) is 0 Å². The molecule has 6 nitrogen and oxygen atoms in total. The molecule has 2 aromatic rings. The van der Waals surface area contributed by atoms with Crippen LogP contribution in [0.2, 0.25) is 5.02 Å². The number of hydrogen-bond acceptors (Lipinski definition) is 5. The Balaban J connectivity index is 1.66. The highest BCUT2D eigenvalue weighted by atomic mass is 35.5. The van der Waals surface area contributed by atoms with E-state index in [1.165, 1.54) is 18.9 Å². The minimum absolute atomic E-state index is 0.0272. The third kappa shape index (κ3) is 4.36. The fraction of sp³-hybridized carbons (Fsp3) is 0.333. The number of amidine groups is 1. The molecule has 2 heterocycles. The standard InChI is InChI=1S/C21H21ClN2O4S2/c1-13-4-3-5-14(8-13)9-20(25)23-21-24(15-6-7-18(28-2)16(22)10-15)17-11-30(26,27)12-19(17)29-21/h3-8,10,17,19H,9,11-12H2,1-2H3/t17-,19+/m0/s1. The first-order chi connectivity index (χ1) is 14.3. The minimum atomic E-state index is -3.13. The minimum Gasteiger partial charge on any atom is -0.495 e. The van der Waals surface area contributed by atoms with Crippen molar-refractivity contribution in [2.45, 2.75) is 24.6 Å². The quantitative estimate of drug-likeness (QED) is 0.689. The van der Waals surface area contributed by atoms with Crippen molar-refractivity contribution in [1.29, 1.82) is 0 Å². The molecule has 2 fully saturated rings. The molecule has 2 aliphatic heterocycles. The van der Waals surface area contributed by atoms with Gasteiger partial charge < -0.3 is 9.64 Å². The van der Waals surface area contributed by atoms with Gasteiger partial charge in [0.15, 0.2) is 15.0 Å². The summed E-state index contributed by atoms with van der Waals surface area (Å²) in [6, 6.07) is 12.7. The zero-order valence-electron chi connectivity index (χ0n) is 16.5. The van der Waals surface area contributed by atoms with Crippen LogP contribution in [-0.2, 0) is 21.1 Å². The number of aryl methyl sites for hydroxylation is 1. The van der Waals surface area contributed by atoms with Crippen molar-refractivity contribution < 1.29 is 17.9 Å². The molecule has 2 saturated heterocycles. The monoisotopic (exact) mass is 464 g/mol. The van der Waals surface area contributed by atoms with Crippen LogP contribution in [0, 0.1) is 6.92 Å². The molecular weight excluding hydrogens is 444 g/mol. The Kier molecular flexibility index (Phi) is 5.83. The summed E-state index contributed by atoms with van der Waals surface area (Å²) in [6.07, 6.45) is 0.191. The molecule has 0 saturated carbocycles. The van der Waals surface area contributed by atoms with E-state index in [-0.39, 0.29) is 35.1 Å². The lowest BCUT2D eigenvalue weighted by Gasteiger charge is -2.25. The number of methoxy groups -OCH3 is 1. The van der Waals surface area contributed by atoms with Gasteiger partial charge in [-0.2, -0.15) is 4.99 Å². The number of thioether (sulfide) groups is 1. The van der Waals surface area contributed by atoms with Crippen molar-refractivity contribution >= 4 is 50.0 Å². The second-order valence-electron chi connectivity index (χ2n) is 7.44. The van der Waals surface area contributed by atoms with E-state index in [1.54, 1.807) is 18.2 Å². The fourth-order valence-corrected chi connectivity index (χ4v) is 8.00. The lowest BCUT2D eigenvalue weighted by Crippen LogP contribution is -2.37. The van der Waals surface area contributed by atoms with Crippen molar-refractivity contribution in [1.82, 2.24) is 0 Å². The molecule has 0 aromatic heterocycles. The molecule has 0 radical (unpaired) electrons. The number of fused-ring (bicyclic) bond motifs is 1. The van der Waals surface area contributed by atoms with Crippen LogP contribution >= 0.6 is 23.4 Å². The van der Waals surface area contributed by atoms with Crippen molar-refractivity contribution in [3.8, 4) is 5.75 Å². The zero-order valence-corrected chi connectivity index (χ0v) is 18.9. The molecule has 30 heavy (non-hydrogen) atoms. The van der Waals surface area contributed by atoms with Crippen molar-refractivity contribution in [3.05, 3.63) is 58.6 Å². The number of carbonyl (C=O) groups excluding carboxylic acids is 1. The number of benzene rings is 2. The number of sulfone groups is 1. The molecule has 9 heteroatoms. The number of aliphatic imine (C=N–C) groups is 1. The fourth-order valence-electron chi connectivity index (χ4n) is 3.81. The van der Waals surface area contributed by atoms with E-state index in [1.807, 2.05) is 36.1 Å². The number of hydrogen-bond donors (Lipinski definition) is 0. The molecule has 2 aromatic carbocycles. The van der Waals surface area contributed by atoms with Crippen LogP contribution < -0.4 is 9.64 Å². The smallest absolute Gasteiger partial charge is 0.252 e. The van der Waals surface area contributed by atoms with E-state index in [9.17, 15) is 13.2 Å². The number of halogens is 1. The van der Waals surface area contributed by atoms with Gasteiger partial charge in [-0.3, -0.25) is 4.79 Å². The summed E-state index contributed by atoms with van der Waals surface area (Å²) >= 11 is 7.64. The summed E-state index contributed by atoms with van der Waals surface area (Å²) in [5.41, 5.74) is 2.67. The summed E-state index contributed by atoms with van der Waals surface area (Å²) < 4.78 is 29.6. The van der Waals surface area contributed by atoms with E-state index < -0.39 is 9.84 Å². The van der Waals surface area contributed by atoms with Crippen LogP contribution in [0.25, 0.3) is 0 Å². The summed E-state index contributed by atoms with van der Waals surface area (Å²) in [5, 5.41) is 0.759. The van der Waals surface area contributed by atoms with Crippen LogP contribution in [0.1, 0.15) is 11.1 Å². The number of nitrogens with zero attached hydrogens (tertiary/aromatic N) is 2. The van der Waals surface area contributed by atoms with Crippen LogP contribution in [0.3, 0.4) is 0 Å². The molecule has 0 N–H and O–H groups in total. The highest BCUT2D eigenvalue weighted by Gasteiger charge is 2.49. The lowest BCUT2D eigenvalue weighted by atomic mass is 10.1. The van der Waals surface area contributed by atoms with E-state index in [2.05, 4.69) is 4.99 Å². The third-order valence-corrected chi connectivity index (χ3v) is 8.64. The van der Waals surface area contributed by atoms with Gasteiger partial charge in [-0.25, -0.2) is 8.42 Å². The van der Waals surface area contributed by atoms with Crippen LogP contribution in [-0.4, -0.2) is 49.4 Å². The normalized spacial score (nSPS) is 23.6. The molecule has 0 aliphatic carbocycles. The molecular formula is C21H21ClN2O4S2. The second-order valence-corrected chi connectivity index (χ2v) is 11.2. The lowest BCUT2D eigenvalue weighted by molar-refractivity contribution is -0.117. The van der Waals surface area contributed by atoms with E-state index >= 15 is 0 Å². The summed E-state index contributed by atoms with van der Waals surface area (Å²) in [4.78, 5) is 18.9. The number of ether oxygens (including phenoxy) is 1.